The fourth-order valence-electron chi connectivity index (χ4n) is 1.35. The van der Waals surface area contributed by atoms with Gasteiger partial charge in [-0.25, -0.2) is 9.80 Å². The van der Waals surface area contributed by atoms with E-state index in [2.05, 4.69) is 5.43 Å². The first-order valence-corrected chi connectivity index (χ1v) is 4.30. The van der Waals surface area contributed by atoms with Crippen molar-refractivity contribution in [1.29, 1.82) is 0 Å². The van der Waals surface area contributed by atoms with Crippen molar-refractivity contribution < 1.29 is 9.90 Å². The summed E-state index contributed by atoms with van der Waals surface area (Å²) in [4.78, 5) is 10.7. The van der Waals surface area contributed by atoms with E-state index in [-0.39, 0.29) is 0 Å². The van der Waals surface area contributed by atoms with Crippen molar-refractivity contribution in [3.8, 4) is 0 Å². The van der Waals surface area contributed by atoms with Gasteiger partial charge in [-0.05, 0) is 11.6 Å². The number of carboxylic acid groups (broad SMARTS) is 1. The van der Waals surface area contributed by atoms with E-state index in [0.717, 1.165) is 16.3 Å². The molecule has 2 N–H and O–H groups in total. The molecule has 1 amide bonds. The molecule has 0 saturated heterocycles. The van der Waals surface area contributed by atoms with Crippen molar-refractivity contribution in [3.05, 3.63) is 35.9 Å². The molecule has 0 atom stereocenters. The lowest BCUT2D eigenvalue weighted by molar-refractivity contribution is 0.160. The average Bonchev–Trinajstić information content (AvgIpc) is 2.39. The number of rotatable bonds is 0. The molecule has 2 rings (SSSR count). The van der Waals surface area contributed by atoms with Crippen LogP contribution in [-0.2, 0) is 0 Å². The summed E-state index contributed by atoms with van der Waals surface area (Å²) in [6, 6.07) is 7.57. The topological polar surface area (TPSA) is 52.6 Å². The minimum Gasteiger partial charge on any atom is -0.464 e. The predicted octanol–water partition coefficient (Wildman–Crippen LogP) is 2.02. The Kier molecular flexibility index (Phi) is 2.10. The van der Waals surface area contributed by atoms with Crippen LogP contribution in [0.1, 0.15) is 5.56 Å². The number of fused-ring (bicyclic) bond motifs is 1. The quantitative estimate of drug-likeness (QED) is 0.658. The molecule has 0 unspecified atom stereocenters. The molecule has 4 nitrogen and oxygen atoms in total. The Bertz CT molecular complexity index is 387. The summed E-state index contributed by atoms with van der Waals surface area (Å²) in [6.45, 7) is 0.351. The van der Waals surface area contributed by atoms with Gasteiger partial charge in [0.05, 0.1) is 12.2 Å². The van der Waals surface area contributed by atoms with Gasteiger partial charge in [-0.15, -0.1) is 0 Å². The summed E-state index contributed by atoms with van der Waals surface area (Å²) in [5.74, 6) is 0. The average molecular weight is 190 g/mol. The number of carbonyl (C=O) groups is 1. The molecule has 72 valence electrons. The zero-order valence-corrected chi connectivity index (χ0v) is 7.47. The van der Waals surface area contributed by atoms with Gasteiger partial charge in [0.2, 0.25) is 0 Å². The molecule has 1 heterocycles. The number of hydrogen-bond donors (Lipinski definition) is 2. The van der Waals surface area contributed by atoms with Crippen LogP contribution in [0.4, 0.5) is 10.5 Å². The van der Waals surface area contributed by atoms with E-state index >= 15 is 0 Å². The Morgan fingerprint density at radius 3 is 3.00 bits per heavy atom. The van der Waals surface area contributed by atoms with Crippen molar-refractivity contribution in [3.63, 3.8) is 0 Å². The summed E-state index contributed by atoms with van der Waals surface area (Å²) in [5.41, 5.74) is 4.64. The smallest absolute Gasteiger partial charge is 0.426 e. The largest absolute Gasteiger partial charge is 0.464 e. The zero-order chi connectivity index (χ0) is 9.97. The number of hydrazine groups is 1. The molecule has 0 aliphatic carbocycles. The molecule has 1 aromatic rings. The fraction of sp³-hybridized carbons (Fsp3) is 0.100. The maximum Gasteiger partial charge on any atom is 0.426 e. The summed E-state index contributed by atoms with van der Waals surface area (Å²) in [6.07, 6.45) is 2.74. The van der Waals surface area contributed by atoms with Crippen LogP contribution in [0.2, 0.25) is 0 Å². The second kappa shape index (κ2) is 3.41. The van der Waals surface area contributed by atoms with Crippen LogP contribution in [0.3, 0.4) is 0 Å². The maximum atomic E-state index is 10.7. The molecule has 4 heteroatoms. The van der Waals surface area contributed by atoms with Crippen LogP contribution in [-0.4, -0.2) is 22.8 Å². The van der Waals surface area contributed by atoms with Gasteiger partial charge in [-0.1, -0.05) is 30.4 Å². The molecular formula is C10H10N2O2. The monoisotopic (exact) mass is 190 g/mol. The molecular weight excluding hydrogens is 180 g/mol. The van der Waals surface area contributed by atoms with E-state index in [1.165, 1.54) is 0 Å². The van der Waals surface area contributed by atoms with E-state index < -0.39 is 6.09 Å². The third-order valence-electron chi connectivity index (χ3n) is 2.03. The zero-order valence-electron chi connectivity index (χ0n) is 7.47. The van der Waals surface area contributed by atoms with Gasteiger partial charge in [0.25, 0.3) is 0 Å². The lowest BCUT2D eigenvalue weighted by atomic mass is 10.2. The van der Waals surface area contributed by atoms with Crippen molar-refractivity contribution in [1.82, 2.24) is 5.01 Å². The first kappa shape index (κ1) is 8.62. The summed E-state index contributed by atoms with van der Waals surface area (Å²) in [5, 5.41) is 9.96. The number of amides is 1. The van der Waals surface area contributed by atoms with Crippen LogP contribution in [0.15, 0.2) is 30.3 Å². The summed E-state index contributed by atoms with van der Waals surface area (Å²) in [7, 11) is 0. The minimum atomic E-state index is -0.980. The number of benzene rings is 1. The third-order valence-corrected chi connectivity index (χ3v) is 2.03. The number of nitrogens with one attached hydrogen (secondary N) is 1. The van der Waals surface area contributed by atoms with Gasteiger partial charge >= 0.3 is 6.09 Å². The number of para-hydroxylation sites is 1. The Balaban J connectivity index is 2.34. The molecule has 0 aromatic heterocycles. The summed E-state index contributed by atoms with van der Waals surface area (Å²) >= 11 is 0. The van der Waals surface area contributed by atoms with E-state index in [4.69, 9.17) is 5.11 Å². The van der Waals surface area contributed by atoms with Crippen molar-refractivity contribution in [2.24, 2.45) is 0 Å². The molecule has 0 saturated carbocycles. The Morgan fingerprint density at radius 1 is 1.43 bits per heavy atom. The lowest BCUT2D eigenvalue weighted by Crippen LogP contribution is -2.34. The highest BCUT2D eigenvalue weighted by Crippen LogP contribution is 2.19. The number of nitrogens with zero attached hydrogens (tertiary/aromatic N) is 1. The Hall–Kier alpha value is -1.97. The second-order valence-electron chi connectivity index (χ2n) is 2.99. The van der Waals surface area contributed by atoms with Crippen LogP contribution in [0.5, 0.6) is 0 Å². The van der Waals surface area contributed by atoms with Crippen LogP contribution in [0, 0.1) is 0 Å². The first-order valence-electron chi connectivity index (χ1n) is 4.30. The van der Waals surface area contributed by atoms with Crippen molar-refractivity contribution in [2.75, 3.05) is 12.0 Å². The fourth-order valence-corrected chi connectivity index (χ4v) is 1.35. The van der Waals surface area contributed by atoms with Gasteiger partial charge in [-0.2, -0.15) is 0 Å². The highest BCUT2D eigenvalue weighted by Gasteiger charge is 2.13. The minimum absolute atomic E-state index is 0.351. The van der Waals surface area contributed by atoms with Crippen molar-refractivity contribution >= 4 is 17.9 Å². The van der Waals surface area contributed by atoms with Crippen LogP contribution >= 0.6 is 0 Å². The number of anilines is 1. The van der Waals surface area contributed by atoms with Gasteiger partial charge < -0.3 is 5.11 Å². The molecule has 0 fully saturated rings. The third kappa shape index (κ3) is 1.54. The molecule has 1 aromatic carbocycles. The molecule has 14 heavy (non-hydrogen) atoms. The molecule has 1 aliphatic heterocycles. The summed E-state index contributed by atoms with van der Waals surface area (Å²) < 4.78 is 0. The normalized spacial score (nSPS) is 14.1. The van der Waals surface area contributed by atoms with E-state index in [1.54, 1.807) is 0 Å². The lowest BCUT2D eigenvalue weighted by Gasteiger charge is -2.18. The number of hydrogen-bond acceptors (Lipinski definition) is 2. The van der Waals surface area contributed by atoms with E-state index in [9.17, 15) is 4.79 Å². The van der Waals surface area contributed by atoms with Gasteiger partial charge in [0.1, 0.15) is 0 Å². The Morgan fingerprint density at radius 2 is 2.21 bits per heavy atom. The van der Waals surface area contributed by atoms with Gasteiger partial charge in [0, 0.05) is 0 Å². The van der Waals surface area contributed by atoms with Crippen LogP contribution in [0.25, 0.3) is 6.08 Å². The van der Waals surface area contributed by atoms with Gasteiger partial charge in [0.15, 0.2) is 0 Å². The highest BCUT2D eigenvalue weighted by molar-refractivity contribution is 5.73. The van der Waals surface area contributed by atoms with E-state index in [1.807, 2.05) is 36.4 Å². The van der Waals surface area contributed by atoms with Gasteiger partial charge in [-0.3, -0.25) is 5.43 Å². The maximum absolute atomic E-state index is 10.7. The van der Waals surface area contributed by atoms with Crippen molar-refractivity contribution in [2.45, 2.75) is 0 Å². The molecule has 0 radical (unpaired) electrons. The Labute approximate surface area is 81.4 Å². The predicted molar refractivity (Wildman–Crippen MR) is 53.8 cm³/mol. The SMILES string of the molecule is O=C(O)N1CC=Cc2ccccc2N1. The first-order chi connectivity index (χ1) is 6.77. The second-order valence-corrected chi connectivity index (χ2v) is 2.99. The molecule has 0 bridgehead atoms. The van der Waals surface area contributed by atoms with Crippen LogP contribution < -0.4 is 5.43 Å². The standard InChI is InChI=1S/C10H10N2O2/c13-10(14)12-7-3-5-8-4-1-2-6-9(8)11-12/h1-6,11H,7H2,(H,13,14). The molecule has 1 aliphatic rings. The van der Waals surface area contributed by atoms with E-state index in [0.29, 0.717) is 6.54 Å². The molecule has 0 spiro atoms. The highest BCUT2D eigenvalue weighted by atomic mass is 16.4.